The van der Waals surface area contributed by atoms with Crippen molar-refractivity contribution in [2.45, 2.75) is 81.8 Å². The number of nitrogens with zero attached hydrogens (tertiary/aromatic N) is 2. The van der Waals surface area contributed by atoms with E-state index in [0.29, 0.717) is 24.2 Å². The van der Waals surface area contributed by atoms with Gasteiger partial charge in [0, 0.05) is 17.9 Å². The van der Waals surface area contributed by atoms with Gasteiger partial charge in [-0.15, -0.1) is 0 Å². The molecular formula is C26H31N3O4. The van der Waals surface area contributed by atoms with Crippen LogP contribution in [0.5, 0.6) is 0 Å². The third kappa shape index (κ3) is 3.59. The van der Waals surface area contributed by atoms with Gasteiger partial charge in [0.1, 0.15) is 12.6 Å². The highest BCUT2D eigenvalue weighted by atomic mass is 16.5. The Bertz CT molecular complexity index is 991. The molecule has 33 heavy (non-hydrogen) atoms. The second kappa shape index (κ2) is 7.46. The highest BCUT2D eigenvalue weighted by Gasteiger charge is 2.65. The molecule has 0 aromatic heterocycles. The normalized spacial score (nSPS) is 40.6. The molecule has 1 aromatic carbocycles. The van der Waals surface area contributed by atoms with Crippen molar-refractivity contribution in [2.75, 3.05) is 0 Å². The summed E-state index contributed by atoms with van der Waals surface area (Å²) in [5, 5.41) is 14.2. The molecule has 1 saturated heterocycles. The predicted octanol–water partition coefficient (Wildman–Crippen LogP) is 3.48. The Kier molecular flexibility index (Phi) is 4.74. The number of benzene rings is 1. The van der Waals surface area contributed by atoms with Crippen LogP contribution in [-0.4, -0.2) is 45.9 Å². The van der Waals surface area contributed by atoms with Crippen LogP contribution in [-0.2, 0) is 16.1 Å². The zero-order chi connectivity index (χ0) is 22.8. The van der Waals surface area contributed by atoms with Crippen molar-refractivity contribution < 1.29 is 19.4 Å². The second-order valence-corrected chi connectivity index (χ2v) is 11.3. The van der Waals surface area contributed by atoms with E-state index in [0.717, 1.165) is 50.5 Å². The van der Waals surface area contributed by atoms with Crippen LogP contribution in [0.1, 0.15) is 56.9 Å². The van der Waals surface area contributed by atoms with Gasteiger partial charge < -0.3 is 15.2 Å². The number of fused-ring (bicyclic) bond motifs is 1. The Balaban J connectivity index is 1.27. The van der Waals surface area contributed by atoms with Gasteiger partial charge in [0.15, 0.2) is 0 Å². The average Bonchev–Trinajstić information content (AvgIpc) is 3.44. The van der Waals surface area contributed by atoms with Gasteiger partial charge in [-0.05, 0) is 68.3 Å². The molecule has 174 valence electrons. The number of nitrogens with one attached hydrogen (secondary N) is 1. The summed E-state index contributed by atoms with van der Waals surface area (Å²) in [5.41, 5.74) is -0.334. The number of ether oxygens (including phenoxy) is 1. The smallest absolute Gasteiger partial charge is 0.408 e. The summed E-state index contributed by atoms with van der Waals surface area (Å²) in [5.74, 6) is 1.04. The molecular weight excluding hydrogens is 418 g/mol. The molecule has 0 spiro atoms. The van der Waals surface area contributed by atoms with Crippen molar-refractivity contribution in [3.63, 3.8) is 0 Å². The molecule has 6 aliphatic rings. The van der Waals surface area contributed by atoms with Gasteiger partial charge in [0.05, 0.1) is 5.60 Å². The second-order valence-electron chi connectivity index (χ2n) is 11.3. The number of carbonyl (C=O) groups excluding carboxylic acids is 2. The Morgan fingerprint density at radius 2 is 1.88 bits per heavy atom. The first kappa shape index (κ1) is 21.0. The van der Waals surface area contributed by atoms with Gasteiger partial charge in [-0.25, -0.2) is 11.4 Å². The maximum absolute atomic E-state index is 14.0. The monoisotopic (exact) mass is 449 g/mol. The number of amides is 2. The number of likely N-dealkylation sites (tertiary alicyclic amines) is 1. The Labute approximate surface area is 194 Å². The molecule has 6 atom stereocenters. The summed E-state index contributed by atoms with van der Waals surface area (Å²) < 4.78 is 5.51. The van der Waals surface area contributed by atoms with Gasteiger partial charge in [0.2, 0.25) is 0 Å². The lowest BCUT2D eigenvalue weighted by Crippen LogP contribution is -2.66. The Morgan fingerprint density at radius 3 is 2.55 bits per heavy atom. The number of aliphatic hydroxyl groups is 1. The number of hydrogen-bond donors (Lipinski definition) is 2. The molecule has 7 rings (SSSR count). The van der Waals surface area contributed by atoms with Gasteiger partial charge in [-0.1, -0.05) is 30.3 Å². The molecule has 5 aliphatic carbocycles. The molecule has 5 saturated carbocycles. The van der Waals surface area contributed by atoms with Gasteiger partial charge in [-0.2, -0.15) is 0 Å². The first-order valence-corrected chi connectivity index (χ1v) is 12.3. The third-order valence-corrected chi connectivity index (χ3v) is 8.89. The van der Waals surface area contributed by atoms with Crippen molar-refractivity contribution in [1.29, 1.82) is 0 Å². The summed E-state index contributed by atoms with van der Waals surface area (Å²) in [7, 11) is 0. The zero-order valence-electron chi connectivity index (χ0n) is 18.8. The van der Waals surface area contributed by atoms with Gasteiger partial charge in [-0.3, -0.25) is 14.5 Å². The predicted molar refractivity (Wildman–Crippen MR) is 119 cm³/mol. The van der Waals surface area contributed by atoms with Crippen LogP contribution in [0.4, 0.5) is 4.79 Å². The van der Waals surface area contributed by atoms with E-state index in [1.165, 1.54) is 0 Å². The van der Waals surface area contributed by atoms with E-state index < -0.39 is 29.3 Å². The number of alkyl carbamates (subject to hydrolysis) is 1. The number of piperidine rings is 1. The van der Waals surface area contributed by atoms with Crippen molar-refractivity contribution in [1.82, 2.24) is 10.2 Å². The minimum absolute atomic E-state index is 0.123. The van der Waals surface area contributed by atoms with Crippen LogP contribution in [0.2, 0.25) is 0 Å². The van der Waals surface area contributed by atoms with Crippen molar-refractivity contribution >= 4 is 12.0 Å². The standard InChI is InChI=1S/C26H31N3O4/c1-27-21-9-19-8-20(19)29(21)23(30)22(28-24(31)33-14-16-5-3-2-4-6-16)25-10-17-7-18(11-25)13-26(32,12-17)15-25/h2-6,17-22,32H,7-15H2,(H,28,31)/t17?,18?,19-,20-,21-,22?,25?,26?/m0/s1. The van der Waals surface area contributed by atoms with Gasteiger partial charge >= 0.3 is 12.3 Å². The fourth-order valence-corrected chi connectivity index (χ4v) is 7.99. The van der Waals surface area contributed by atoms with Crippen LogP contribution < -0.4 is 5.32 Å². The maximum Gasteiger partial charge on any atom is 0.408 e. The maximum atomic E-state index is 14.0. The fraction of sp³-hybridized carbons (Fsp3) is 0.654. The minimum atomic E-state index is -0.762. The van der Waals surface area contributed by atoms with E-state index >= 15 is 0 Å². The number of rotatable bonds is 5. The molecule has 1 heterocycles. The van der Waals surface area contributed by atoms with Crippen LogP contribution >= 0.6 is 0 Å². The molecule has 3 unspecified atom stereocenters. The Morgan fingerprint density at radius 1 is 1.15 bits per heavy atom. The zero-order valence-corrected chi connectivity index (χ0v) is 18.8. The molecule has 7 heteroatoms. The number of hydrogen-bond acceptors (Lipinski definition) is 4. The molecule has 7 nitrogen and oxygen atoms in total. The van der Waals surface area contributed by atoms with E-state index in [4.69, 9.17) is 11.3 Å². The molecule has 6 fully saturated rings. The molecule has 4 bridgehead atoms. The highest BCUT2D eigenvalue weighted by molar-refractivity contribution is 5.88. The third-order valence-electron chi connectivity index (χ3n) is 8.89. The summed E-state index contributed by atoms with van der Waals surface area (Å²) in [4.78, 5) is 32.4. The number of carbonyl (C=O) groups is 2. The van der Waals surface area contributed by atoms with Crippen LogP contribution in [0, 0.1) is 29.7 Å². The molecule has 2 amide bonds. The lowest BCUT2D eigenvalue weighted by atomic mass is 9.46. The lowest BCUT2D eigenvalue weighted by molar-refractivity contribution is -0.180. The largest absolute Gasteiger partial charge is 0.445 e. The summed E-state index contributed by atoms with van der Waals surface area (Å²) in [6.45, 7) is 7.74. The quantitative estimate of drug-likeness (QED) is 0.675. The minimum Gasteiger partial charge on any atom is -0.445 e. The molecule has 0 radical (unpaired) electrons. The van der Waals surface area contributed by atoms with Crippen molar-refractivity contribution in [3.05, 3.63) is 47.3 Å². The first-order valence-electron chi connectivity index (χ1n) is 12.3. The summed E-state index contributed by atoms with van der Waals surface area (Å²) in [6, 6.07) is 8.83. The lowest BCUT2D eigenvalue weighted by Gasteiger charge is -2.62. The molecule has 1 aromatic rings. The molecule has 2 N–H and O–H groups in total. The van der Waals surface area contributed by atoms with Crippen molar-refractivity contribution in [3.8, 4) is 0 Å². The van der Waals surface area contributed by atoms with Gasteiger partial charge in [0.25, 0.3) is 5.91 Å². The summed E-state index contributed by atoms with van der Waals surface area (Å²) in [6.07, 6.45) is 5.53. The van der Waals surface area contributed by atoms with Crippen LogP contribution in [0.25, 0.3) is 4.85 Å². The molecule has 1 aliphatic heterocycles. The Hall–Kier alpha value is -2.59. The van der Waals surface area contributed by atoms with E-state index in [1.54, 1.807) is 4.90 Å². The van der Waals surface area contributed by atoms with E-state index in [-0.39, 0.29) is 18.6 Å². The van der Waals surface area contributed by atoms with Crippen LogP contribution in [0.15, 0.2) is 30.3 Å². The average molecular weight is 450 g/mol. The van der Waals surface area contributed by atoms with E-state index in [9.17, 15) is 14.7 Å². The van der Waals surface area contributed by atoms with E-state index in [2.05, 4.69) is 10.2 Å². The van der Waals surface area contributed by atoms with Crippen LogP contribution in [0.3, 0.4) is 0 Å². The summed E-state index contributed by atoms with van der Waals surface area (Å²) >= 11 is 0. The topological polar surface area (TPSA) is 83.2 Å². The SMILES string of the molecule is [C-]#[N+][C@@H]1C[C@@H]2C[C@@H]2N1C(=O)C(NC(=O)OCc1ccccc1)C12CC3CC(CC(O)(C3)C1)C2. The first-order chi connectivity index (χ1) is 15.9. The highest BCUT2D eigenvalue weighted by Crippen LogP contribution is 2.63. The van der Waals surface area contributed by atoms with Crippen molar-refractivity contribution in [2.24, 2.45) is 23.2 Å². The van der Waals surface area contributed by atoms with E-state index in [1.807, 2.05) is 30.3 Å². The fourth-order valence-electron chi connectivity index (χ4n) is 7.99.